The number of pyridine rings is 1. The van der Waals surface area contributed by atoms with Crippen LogP contribution >= 0.6 is 22.9 Å². The van der Waals surface area contributed by atoms with Crippen molar-refractivity contribution in [2.24, 2.45) is 0 Å². The number of aromatic nitrogens is 1. The minimum absolute atomic E-state index is 0.0829. The van der Waals surface area contributed by atoms with Crippen LogP contribution in [0.1, 0.15) is 9.67 Å². The van der Waals surface area contributed by atoms with Crippen molar-refractivity contribution in [2.75, 3.05) is 11.1 Å². The molecule has 0 radical (unpaired) electrons. The molecule has 2 heterocycles. The lowest BCUT2D eigenvalue weighted by Gasteiger charge is -2.06. The Balaban J connectivity index is 1.69. The molecular weight excluding hydrogens is 404 g/mol. The molecule has 0 bridgehead atoms. The van der Waals surface area contributed by atoms with E-state index in [1.165, 1.54) is 24.3 Å². The molecule has 2 aromatic carbocycles. The van der Waals surface area contributed by atoms with Gasteiger partial charge in [-0.1, -0.05) is 23.7 Å². The van der Waals surface area contributed by atoms with Crippen LogP contribution in [-0.2, 0) is 0 Å². The number of carbonyl (C=O) groups excluding carboxylic acids is 1. The molecule has 2 aromatic heterocycles. The smallest absolute Gasteiger partial charge is 0.267 e. The third-order valence-electron chi connectivity index (χ3n) is 4.10. The van der Waals surface area contributed by atoms with E-state index < -0.39 is 11.7 Å². The van der Waals surface area contributed by atoms with E-state index in [0.29, 0.717) is 21.5 Å². The van der Waals surface area contributed by atoms with Crippen LogP contribution in [0.4, 0.5) is 20.2 Å². The average molecular weight is 416 g/mol. The fraction of sp³-hybridized carbons (Fsp3) is 0. The molecule has 4 rings (SSSR count). The van der Waals surface area contributed by atoms with E-state index in [1.807, 2.05) is 0 Å². The van der Waals surface area contributed by atoms with Crippen molar-refractivity contribution in [3.8, 4) is 11.3 Å². The first-order valence-corrected chi connectivity index (χ1v) is 9.33. The van der Waals surface area contributed by atoms with Gasteiger partial charge in [0.15, 0.2) is 0 Å². The summed E-state index contributed by atoms with van der Waals surface area (Å²) in [7, 11) is 0. The molecule has 0 unspecified atom stereocenters. The van der Waals surface area contributed by atoms with E-state index in [0.717, 1.165) is 17.4 Å². The molecule has 0 atom stereocenters. The fourth-order valence-electron chi connectivity index (χ4n) is 2.74. The summed E-state index contributed by atoms with van der Waals surface area (Å²) in [4.78, 5) is 17.9. The van der Waals surface area contributed by atoms with E-state index in [9.17, 15) is 13.6 Å². The van der Waals surface area contributed by atoms with E-state index in [2.05, 4.69) is 10.3 Å². The third kappa shape index (κ3) is 3.42. The molecule has 3 N–H and O–H groups in total. The van der Waals surface area contributed by atoms with E-state index in [4.69, 9.17) is 17.3 Å². The number of nitrogen functional groups attached to an aromatic ring is 1. The normalized spacial score (nSPS) is 11.0. The van der Waals surface area contributed by atoms with Crippen LogP contribution in [0.25, 0.3) is 21.5 Å². The topological polar surface area (TPSA) is 68.0 Å². The van der Waals surface area contributed by atoms with Gasteiger partial charge in [-0.3, -0.25) is 4.79 Å². The highest BCUT2D eigenvalue weighted by atomic mass is 35.5. The number of carbonyl (C=O) groups is 1. The summed E-state index contributed by atoms with van der Waals surface area (Å²) in [6, 6.07) is 13.2. The highest BCUT2D eigenvalue weighted by Crippen LogP contribution is 2.35. The van der Waals surface area contributed by atoms with E-state index >= 15 is 0 Å². The number of thiophene rings is 1. The lowest BCUT2D eigenvalue weighted by Crippen LogP contribution is -2.12. The summed E-state index contributed by atoms with van der Waals surface area (Å²) in [5.41, 5.74) is 7.88. The number of hydrogen-bond acceptors (Lipinski definition) is 4. The first-order valence-electron chi connectivity index (χ1n) is 8.14. The maximum atomic E-state index is 13.5. The average Bonchev–Trinajstić information content (AvgIpc) is 3.00. The zero-order chi connectivity index (χ0) is 19.8. The Morgan fingerprint density at radius 1 is 1.07 bits per heavy atom. The van der Waals surface area contributed by atoms with Crippen LogP contribution in [0, 0.1) is 11.6 Å². The van der Waals surface area contributed by atoms with Gasteiger partial charge in [-0.05, 0) is 42.5 Å². The summed E-state index contributed by atoms with van der Waals surface area (Å²) >= 11 is 7.07. The van der Waals surface area contributed by atoms with Crippen LogP contribution in [0.15, 0.2) is 54.6 Å². The molecule has 0 aliphatic carbocycles. The predicted octanol–water partition coefficient (Wildman–Crippen LogP) is 5.73. The number of nitrogens with one attached hydrogen (secondary N) is 1. The van der Waals surface area contributed by atoms with E-state index in [1.54, 1.807) is 24.3 Å². The summed E-state index contributed by atoms with van der Waals surface area (Å²) in [6.07, 6.45) is 0. The molecule has 28 heavy (non-hydrogen) atoms. The molecule has 0 aliphatic rings. The van der Waals surface area contributed by atoms with Crippen molar-refractivity contribution < 1.29 is 13.6 Å². The van der Waals surface area contributed by atoms with Crippen LogP contribution in [0.3, 0.4) is 0 Å². The SMILES string of the molecule is Nc1c(C(=O)Nc2ccc(F)cc2Cl)sc2nc(-c3cccc(F)c3)ccc12. The maximum Gasteiger partial charge on any atom is 0.267 e. The van der Waals surface area contributed by atoms with Gasteiger partial charge in [-0.2, -0.15) is 0 Å². The fourth-order valence-corrected chi connectivity index (χ4v) is 3.95. The highest BCUT2D eigenvalue weighted by molar-refractivity contribution is 7.21. The number of fused-ring (bicyclic) bond motifs is 1. The van der Waals surface area contributed by atoms with Crippen LogP contribution < -0.4 is 11.1 Å². The molecule has 4 aromatic rings. The van der Waals surface area contributed by atoms with Gasteiger partial charge in [0.05, 0.1) is 22.1 Å². The second kappa shape index (κ2) is 7.18. The lowest BCUT2D eigenvalue weighted by atomic mass is 10.1. The number of anilines is 2. The van der Waals surface area contributed by atoms with Crippen molar-refractivity contribution in [3.63, 3.8) is 0 Å². The Kier molecular flexibility index (Phi) is 4.70. The summed E-state index contributed by atoms with van der Waals surface area (Å²) in [5, 5.41) is 3.33. The van der Waals surface area contributed by atoms with Crippen molar-refractivity contribution in [2.45, 2.75) is 0 Å². The van der Waals surface area contributed by atoms with E-state index in [-0.39, 0.29) is 27.1 Å². The quantitative estimate of drug-likeness (QED) is 0.449. The summed E-state index contributed by atoms with van der Waals surface area (Å²) in [5.74, 6) is -1.33. The first-order chi connectivity index (χ1) is 13.4. The molecule has 0 saturated carbocycles. The first kappa shape index (κ1) is 18.3. The van der Waals surface area contributed by atoms with Gasteiger partial charge in [-0.15, -0.1) is 11.3 Å². The monoisotopic (exact) mass is 415 g/mol. The number of rotatable bonds is 3. The Morgan fingerprint density at radius 2 is 1.86 bits per heavy atom. The number of halogens is 3. The van der Waals surface area contributed by atoms with Crippen LogP contribution in [0.2, 0.25) is 5.02 Å². The van der Waals surface area contributed by atoms with Gasteiger partial charge in [0.25, 0.3) is 5.91 Å². The molecular formula is C20H12ClF2N3OS. The number of amides is 1. The van der Waals surface area contributed by atoms with Crippen molar-refractivity contribution >= 4 is 50.4 Å². The molecule has 0 fully saturated rings. The molecule has 4 nitrogen and oxygen atoms in total. The van der Waals surface area contributed by atoms with Crippen molar-refractivity contribution in [1.82, 2.24) is 4.98 Å². The maximum absolute atomic E-state index is 13.5. The molecule has 0 saturated heterocycles. The van der Waals surface area contributed by atoms with Gasteiger partial charge < -0.3 is 11.1 Å². The standard InChI is InChI=1S/C20H12ClF2N3OS/c21-14-9-12(23)4-6-16(14)25-19(27)18-17(24)13-5-7-15(26-20(13)28-18)10-2-1-3-11(22)8-10/h1-9H,24H2,(H,25,27). The number of nitrogens with zero attached hydrogens (tertiary/aromatic N) is 1. The molecule has 0 spiro atoms. The van der Waals surface area contributed by atoms with Crippen LogP contribution in [-0.4, -0.2) is 10.9 Å². The Labute approximate surface area is 167 Å². The minimum atomic E-state index is -0.501. The van der Waals surface area contributed by atoms with Gasteiger partial charge in [0.1, 0.15) is 21.3 Å². The molecule has 140 valence electrons. The van der Waals surface area contributed by atoms with Gasteiger partial charge in [0.2, 0.25) is 0 Å². The summed E-state index contributed by atoms with van der Waals surface area (Å²) < 4.78 is 26.6. The lowest BCUT2D eigenvalue weighted by molar-refractivity contribution is 0.103. The molecule has 1 amide bonds. The largest absolute Gasteiger partial charge is 0.397 e. The zero-order valence-electron chi connectivity index (χ0n) is 14.2. The molecule has 0 aliphatic heterocycles. The molecule has 8 heteroatoms. The number of nitrogens with two attached hydrogens (primary N) is 1. The zero-order valence-corrected chi connectivity index (χ0v) is 15.7. The van der Waals surface area contributed by atoms with Gasteiger partial charge in [0, 0.05) is 10.9 Å². The Bertz CT molecular complexity index is 1230. The van der Waals surface area contributed by atoms with Crippen LogP contribution in [0.5, 0.6) is 0 Å². The number of hydrogen-bond donors (Lipinski definition) is 2. The highest BCUT2D eigenvalue weighted by Gasteiger charge is 2.19. The third-order valence-corrected chi connectivity index (χ3v) is 5.53. The Hall–Kier alpha value is -3.03. The van der Waals surface area contributed by atoms with Crippen molar-refractivity contribution in [1.29, 1.82) is 0 Å². The van der Waals surface area contributed by atoms with Crippen molar-refractivity contribution in [3.05, 3.63) is 76.1 Å². The predicted molar refractivity (Wildman–Crippen MR) is 109 cm³/mol. The Morgan fingerprint density at radius 3 is 2.61 bits per heavy atom. The number of benzene rings is 2. The van der Waals surface area contributed by atoms with Gasteiger partial charge >= 0.3 is 0 Å². The summed E-state index contributed by atoms with van der Waals surface area (Å²) in [6.45, 7) is 0. The van der Waals surface area contributed by atoms with Gasteiger partial charge in [-0.25, -0.2) is 13.8 Å². The second-order valence-corrected chi connectivity index (χ2v) is 7.39. The minimum Gasteiger partial charge on any atom is -0.397 e. The second-order valence-electron chi connectivity index (χ2n) is 5.98.